The van der Waals surface area contributed by atoms with Crippen LogP contribution < -0.4 is 4.74 Å². The van der Waals surface area contributed by atoms with Gasteiger partial charge in [-0.05, 0) is 37.1 Å². The predicted octanol–water partition coefficient (Wildman–Crippen LogP) is 1.09. The lowest BCUT2D eigenvalue weighted by atomic mass is 9.98. The number of carbonyl (C=O) groups is 2. The van der Waals surface area contributed by atoms with Crippen LogP contribution in [0, 0.1) is 5.92 Å². The number of piperidine rings is 1. The van der Waals surface area contributed by atoms with Crippen molar-refractivity contribution in [2.24, 2.45) is 5.92 Å². The molecule has 8 heteroatoms. The zero-order valence-electron chi connectivity index (χ0n) is 13.7. The number of rotatable bonds is 6. The number of hydrogen-bond acceptors (Lipinski definition) is 6. The quantitative estimate of drug-likeness (QED) is 0.560. The molecule has 1 aliphatic heterocycles. The number of ketones is 1. The molecule has 0 spiro atoms. The number of ether oxygens (including phenoxy) is 2. The second kappa shape index (κ2) is 7.76. The SMILES string of the molecule is COc1ccc(C(=O)COC(=O)C2CCN(S(C)(=O)=O)CC2)cc1. The monoisotopic (exact) mass is 355 g/mol. The van der Waals surface area contributed by atoms with E-state index < -0.39 is 16.0 Å². The maximum Gasteiger partial charge on any atom is 0.309 e. The zero-order valence-corrected chi connectivity index (χ0v) is 14.5. The van der Waals surface area contributed by atoms with Crippen LogP contribution in [0.4, 0.5) is 0 Å². The first kappa shape index (κ1) is 18.4. The molecule has 1 heterocycles. The summed E-state index contributed by atoms with van der Waals surface area (Å²) in [4.78, 5) is 24.0. The van der Waals surface area contributed by atoms with Crippen molar-refractivity contribution in [1.29, 1.82) is 0 Å². The molecule has 0 saturated carbocycles. The first-order chi connectivity index (χ1) is 11.3. The summed E-state index contributed by atoms with van der Waals surface area (Å²) in [6.45, 7) is 0.271. The number of nitrogens with zero attached hydrogens (tertiary/aromatic N) is 1. The Morgan fingerprint density at radius 3 is 2.25 bits per heavy atom. The van der Waals surface area contributed by atoms with E-state index in [0.717, 1.165) is 6.26 Å². The van der Waals surface area contributed by atoms with Gasteiger partial charge in [-0.15, -0.1) is 0 Å². The summed E-state index contributed by atoms with van der Waals surface area (Å²) in [7, 11) is -1.69. The number of benzene rings is 1. The van der Waals surface area contributed by atoms with Crippen molar-refractivity contribution in [3.63, 3.8) is 0 Å². The second-order valence-corrected chi connectivity index (χ2v) is 7.68. The van der Waals surface area contributed by atoms with Crippen LogP contribution in [0.5, 0.6) is 5.75 Å². The molecule has 132 valence electrons. The van der Waals surface area contributed by atoms with Crippen molar-refractivity contribution in [1.82, 2.24) is 4.31 Å². The van der Waals surface area contributed by atoms with Gasteiger partial charge in [0.2, 0.25) is 10.0 Å². The molecule has 24 heavy (non-hydrogen) atoms. The maximum atomic E-state index is 12.0. The van der Waals surface area contributed by atoms with E-state index in [-0.39, 0.29) is 18.3 Å². The number of sulfonamides is 1. The Labute approximate surface area is 141 Å². The Morgan fingerprint density at radius 2 is 1.75 bits per heavy atom. The standard InChI is InChI=1S/C16H21NO6S/c1-22-14-5-3-12(4-6-14)15(18)11-23-16(19)13-7-9-17(10-8-13)24(2,20)21/h3-6,13H,7-11H2,1-2H3. The van der Waals surface area contributed by atoms with Gasteiger partial charge >= 0.3 is 5.97 Å². The van der Waals surface area contributed by atoms with Gasteiger partial charge in [0.15, 0.2) is 12.4 Å². The van der Waals surface area contributed by atoms with Gasteiger partial charge in [-0.2, -0.15) is 0 Å². The molecule has 7 nitrogen and oxygen atoms in total. The molecule has 0 aliphatic carbocycles. The fourth-order valence-corrected chi connectivity index (χ4v) is 3.41. The third-order valence-corrected chi connectivity index (χ3v) is 5.32. The summed E-state index contributed by atoms with van der Waals surface area (Å²) in [5.74, 6) is -0.475. The van der Waals surface area contributed by atoms with E-state index in [1.54, 1.807) is 24.3 Å². The minimum Gasteiger partial charge on any atom is -0.497 e. The fraction of sp³-hybridized carbons (Fsp3) is 0.500. The fourth-order valence-electron chi connectivity index (χ4n) is 2.54. The van der Waals surface area contributed by atoms with Gasteiger partial charge in [0.1, 0.15) is 5.75 Å². The Bertz CT molecular complexity index is 690. The zero-order chi connectivity index (χ0) is 17.7. The van der Waals surface area contributed by atoms with Crippen molar-refractivity contribution < 1.29 is 27.5 Å². The van der Waals surface area contributed by atoms with Crippen molar-refractivity contribution in [2.75, 3.05) is 33.1 Å². The lowest BCUT2D eigenvalue weighted by molar-refractivity contribution is -0.148. The van der Waals surface area contributed by atoms with E-state index in [1.165, 1.54) is 11.4 Å². The van der Waals surface area contributed by atoms with Crippen molar-refractivity contribution >= 4 is 21.8 Å². The first-order valence-electron chi connectivity index (χ1n) is 7.60. The number of esters is 1. The van der Waals surface area contributed by atoms with Crippen LogP contribution in [0.15, 0.2) is 24.3 Å². The van der Waals surface area contributed by atoms with Crippen LogP contribution in [-0.2, 0) is 19.6 Å². The molecular formula is C16H21NO6S. The molecule has 1 saturated heterocycles. The lowest BCUT2D eigenvalue weighted by Gasteiger charge is -2.28. The summed E-state index contributed by atoms with van der Waals surface area (Å²) in [5.41, 5.74) is 0.440. The molecule has 0 aromatic heterocycles. The highest BCUT2D eigenvalue weighted by atomic mass is 32.2. The van der Waals surface area contributed by atoms with Crippen LogP contribution in [0.2, 0.25) is 0 Å². The van der Waals surface area contributed by atoms with E-state index in [4.69, 9.17) is 9.47 Å². The first-order valence-corrected chi connectivity index (χ1v) is 9.45. The van der Waals surface area contributed by atoms with Crippen molar-refractivity contribution in [3.05, 3.63) is 29.8 Å². The molecule has 0 atom stereocenters. The van der Waals surface area contributed by atoms with Crippen LogP contribution in [-0.4, -0.2) is 57.5 Å². The van der Waals surface area contributed by atoms with Crippen molar-refractivity contribution in [3.8, 4) is 5.75 Å². The number of hydrogen-bond donors (Lipinski definition) is 0. The van der Waals surface area contributed by atoms with Crippen LogP contribution >= 0.6 is 0 Å². The summed E-state index contributed by atoms with van der Waals surface area (Å²) in [6, 6.07) is 6.55. The van der Waals surface area contributed by atoms with Gasteiger partial charge in [-0.25, -0.2) is 12.7 Å². The molecule has 1 aromatic carbocycles. The van der Waals surface area contributed by atoms with Crippen LogP contribution in [0.3, 0.4) is 0 Å². The highest BCUT2D eigenvalue weighted by Crippen LogP contribution is 2.20. The minimum atomic E-state index is -3.23. The van der Waals surface area contributed by atoms with Gasteiger partial charge in [0, 0.05) is 18.7 Å². The van der Waals surface area contributed by atoms with E-state index in [1.807, 2.05) is 0 Å². The minimum absolute atomic E-state index is 0.292. The number of Topliss-reactive ketones (excluding diaryl/α,β-unsaturated/α-hetero) is 1. The molecule has 2 rings (SSSR count). The van der Waals surface area contributed by atoms with Gasteiger partial charge in [0.05, 0.1) is 19.3 Å². The summed E-state index contributed by atoms with van der Waals surface area (Å²) >= 11 is 0. The second-order valence-electron chi connectivity index (χ2n) is 5.70. The van der Waals surface area contributed by atoms with Gasteiger partial charge in [-0.1, -0.05) is 0 Å². The Hall–Kier alpha value is -1.93. The largest absolute Gasteiger partial charge is 0.497 e. The molecule has 0 amide bonds. The van der Waals surface area contributed by atoms with Gasteiger partial charge in [0.25, 0.3) is 0 Å². The highest BCUT2D eigenvalue weighted by molar-refractivity contribution is 7.88. The Morgan fingerprint density at radius 1 is 1.17 bits per heavy atom. The third kappa shape index (κ3) is 4.78. The number of methoxy groups -OCH3 is 1. The topological polar surface area (TPSA) is 90.0 Å². The smallest absolute Gasteiger partial charge is 0.309 e. The third-order valence-electron chi connectivity index (χ3n) is 4.01. The average molecular weight is 355 g/mol. The summed E-state index contributed by atoms with van der Waals surface area (Å²) in [6.07, 6.45) is 1.96. The molecule has 0 unspecified atom stereocenters. The number of carbonyl (C=O) groups excluding carboxylic acids is 2. The Balaban J connectivity index is 1.81. The van der Waals surface area contributed by atoms with Crippen LogP contribution in [0.25, 0.3) is 0 Å². The molecule has 1 aliphatic rings. The molecule has 1 fully saturated rings. The average Bonchev–Trinajstić information content (AvgIpc) is 2.58. The molecule has 0 radical (unpaired) electrons. The Kier molecular flexibility index (Phi) is 5.95. The molecule has 0 bridgehead atoms. The predicted molar refractivity (Wildman–Crippen MR) is 87.4 cm³/mol. The summed E-state index contributed by atoms with van der Waals surface area (Å²) < 4.78 is 34.3. The molecule has 1 aromatic rings. The van der Waals surface area contributed by atoms with Crippen LogP contribution in [0.1, 0.15) is 23.2 Å². The van der Waals surface area contributed by atoms with Gasteiger partial charge in [-0.3, -0.25) is 9.59 Å². The van der Waals surface area contributed by atoms with E-state index in [9.17, 15) is 18.0 Å². The molecular weight excluding hydrogens is 334 g/mol. The van der Waals surface area contributed by atoms with E-state index in [2.05, 4.69) is 0 Å². The highest BCUT2D eigenvalue weighted by Gasteiger charge is 2.30. The van der Waals surface area contributed by atoms with Crippen molar-refractivity contribution in [2.45, 2.75) is 12.8 Å². The maximum absolute atomic E-state index is 12.0. The lowest BCUT2D eigenvalue weighted by Crippen LogP contribution is -2.40. The van der Waals surface area contributed by atoms with E-state index >= 15 is 0 Å². The summed E-state index contributed by atoms with van der Waals surface area (Å²) in [5, 5.41) is 0. The van der Waals surface area contributed by atoms with E-state index in [0.29, 0.717) is 37.2 Å². The molecule has 0 N–H and O–H groups in total. The van der Waals surface area contributed by atoms with Gasteiger partial charge < -0.3 is 9.47 Å². The normalized spacial score (nSPS) is 16.6.